The first-order valence-corrected chi connectivity index (χ1v) is 6.67. The molecule has 1 aliphatic carbocycles. The Bertz CT molecular complexity index is 176. The zero-order chi connectivity index (χ0) is 11.4. The van der Waals surface area contributed by atoms with Crippen molar-refractivity contribution < 1.29 is 5.11 Å². The van der Waals surface area contributed by atoms with Gasteiger partial charge in [-0.05, 0) is 36.0 Å². The standard InChI is InChI=1S/C14H28O/c1-10(2)13-6-5-7-14(8-13)12(4)11(3)9-15/h10-15H,5-9H2,1-4H3. The smallest absolute Gasteiger partial charge is 0.0459 e. The summed E-state index contributed by atoms with van der Waals surface area (Å²) in [6, 6.07) is 0. The van der Waals surface area contributed by atoms with Gasteiger partial charge in [0.25, 0.3) is 0 Å². The summed E-state index contributed by atoms with van der Waals surface area (Å²) < 4.78 is 0. The number of hydrogen-bond donors (Lipinski definition) is 1. The third kappa shape index (κ3) is 3.48. The maximum absolute atomic E-state index is 9.21. The van der Waals surface area contributed by atoms with Crippen LogP contribution in [0.25, 0.3) is 0 Å². The van der Waals surface area contributed by atoms with Gasteiger partial charge in [-0.25, -0.2) is 0 Å². The third-order valence-electron chi connectivity index (χ3n) is 4.63. The molecule has 0 aliphatic heterocycles. The fraction of sp³-hybridized carbons (Fsp3) is 1.00. The average molecular weight is 212 g/mol. The van der Waals surface area contributed by atoms with E-state index in [0.29, 0.717) is 18.4 Å². The van der Waals surface area contributed by atoms with E-state index in [1.165, 1.54) is 25.7 Å². The van der Waals surface area contributed by atoms with Crippen LogP contribution in [-0.4, -0.2) is 11.7 Å². The highest BCUT2D eigenvalue weighted by atomic mass is 16.3. The zero-order valence-electron chi connectivity index (χ0n) is 10.9. The summed E-state index contributed by atoms with van der Waals surface area (Å²) in [6.45, 7) is 9.57. The molecular formula is C14H28O. The SMILES string of the molecule is CC(C)C1CCCC(C(C)C(C)CO)C1. The number of aliphatic hydroxyl groups excluding tert-OH is 1. The molecule has 4 atom stereocenters. The highest BCUT2D eigenvalue weighted by Gasteiger charge is 2.29. The van der Waals surface area contributed by atoms with E-state index < -0.39 is 0 Å². The Labute approximate surface area is 95.3 Å². The van der Waals surface area contributed by atoms with Gasteiger partial charge in [-0.15, -0.1) is 0 Å². The Balaban J connectivity index is 2.48. The van der Waals surface area contributed by atoms with Crippen LogP contribution < -0.4 is 0 Å². The lowest BCUT2D eigenvalue weighted by Crippen LogP contribution is -2.28. The molecule has 1 saturated carbocycles. The van der Waals surface area contributed by atoms with Gasteiger partial charge in [0.05, 0.1) is 0 Å². The average Bonchev–Trinajstić information content (AvgIpc) is 2.27. The van der Waals surface area contributed by atoms with Gasteiger partial charge in [-0.2, -0.15) is 0 Å². The molecule has 1 heteroatoms. The molecule has 4 unspecified atom stereocenters. The molecule has 1 nitrogen and oxygen atoms in total. The summed E-state index contributed by atoms with van der Waals surface area (Å²) >= 11 is 0. The number of rotatable bonds is 4. The summed E-state index contributed by atoms with van der Waals surface area (Å²) in [7, 11) is 0. The first kappa shape index (κ1) is 13.0. The van der Waals surface area contributed by atoms with E-state index in [2.05, 4.69) is 27.7 Å². The molecule has 1 fully saturated rings. The van der Waals surface area contributed by atoms with Crippen LogP contribution in [0.4, 0.5) is 0 Å². The second kappa shape index (κ2) is 5.89. The van der Waals surface area contributed by atoms with E-state index in [1.807, 2.05) is 0 Å². The predicted octanol–water partition coefficient (Wildman–Crippen LogP) is 3.71. The molecule has 0 radical (unpaired) electrons. The minimum absolute atomic E-state index is 0.351. The molecule has 0 spiro atoms. The van der Waals surface area contributed by atoms with Crippen molar-refractivity contribution in [2.75, 3.05) is 6.61 Å². The van der Waals surface area contributed by atoms with Crippen LogP contribution in [0.15, 0.2) is 0 Å². The number of aliphatic hydroxyl groups is 1. The van der Waals surface area contributed by atoms with Crippen LogP contribution in [0, 0.1) is 29.6 Å². The van der Waals surface area contributed by atoms with E-state index in [1.54, 1.807) is 0 Å². The predicted molar refractivity (Wildman–Crippen MR) is 65.7 cm³/mol. The minimum atomic E-state index is 0.351. The van der Waals surface area contributed by atoms with Crippen LogP contribution in [0.3, 0.4) is 0 Å². The lowest BCUT2D eigenvalue weighted by Gasteiger charge is -2.36. The second-order valence-electron chi connectivity index (χ2n) is 5.95. The summed E-state index contributed by atoms with van der Waals surface area (Å²) in [5.41, 5.74) is 0. The van der Waals surface area contributed by atoms with Gasteiger partial charge in [0.1, 0.15) is 0 Å². The topological polar surface area (TPSA) is 20.2 Å². The second-order valence-corrected chi connectivity index (χ2v) is 5.95. The molecule has 90 valence electrons. The molecule has 0 aromatic rings. The van der Waals surface area contributed by atoms with Crippen LogP contribution >= 0.6 is 0 Å². The van der Waals surface area contributed by atoms with Gasteiger partial charge in [-0.1, -0.05) is 47.0 Å². The van der Waals surface area contributed by atoms with Gasteiger partial charge in [0.15, 0.2) is 0 Å². The molecule has 0 heterocycles. The Kier molecular flexibility index (Phi) is 5.11. The van der Waals surface area contributed by atoms with Crippen molar-refractivity contribution in [3.63, 3.8) is 0 Å². The van der Waals surface area contributed by atoms with Crippen molar-refractivity contribution in [3.05, 3.63) is 0 Å². The number of hydrogen-bond acceptors (Lipinski definition) is 1. The minimum Gasteiger partial charge on any atom is -0.396 e. The summed E-state index contributed by atoms with van der Waals surface area (Å²) in [4.78, 5) is 0. The Hall–Kier alpha value is -0.0400. The molecule has 1 rings (SSSR count). The quantitative estimate of drug-likeness (QED) is 0.753. The Morgan fingerprint density at radius 2 is 1.67 bits per heavy atom. The lowest BCUT2D eigenvalue weighted by molar-refractivity contribution is 0.107. The first-order chi connectivity index (χ1) is 7.06. The van der Waals surface area contributed by atoms with E-state index in [0.717, 1.165) is 17.8 Å². The summed E-state index contributed by atoms with van der Waals surface area (Å²) in [5.74, 6) is 3.78. The van der Waals surface area contributed by atoms with Gasteiger partial charge < -0.3 is 5.11 Å². The van der Waals surface area contributed by atoms with E-state index in [-0.39, 0.29) is 0 Å². The lowest BCUT2D eigenvalue weighted by atomic mass is 9.69. The van der Waals surface area contributed by atoms with Gasteiger partial charge in [0.2, 0.25) is 0 Å². The van der Waals surface area contributed by atoms with Crippen molar-refractivity contribution in [2.45, 2.75) is 53.4 Å². The van der Waals surface area contributed by atoms with Crippen molar-refractivity contribution >= 4 is 0 Å². The van der Waals surface area contributed by atoms with Gasteiger partial charge in [0, 0.05) is 6.61 Å². The van der Waals surface area contributed by atoms with E-state index >= 15 is 0 Å². The van der Waals surface area contributed by atoms with Crippen LogP contribution in [-0.2, 0) is 0 Å². The van der Waals surface area contributed by atoms with Crippen molar-refractivity contribution in [1.29, 1.82) is 0 Å². The highest BCUT2D eigenvalue weighted by Crippen LogP contribution is 2.39. The third-order valence-corrected chi connectivity index (χ3v) is 4.63. The monoisotopic (exact) mass is 212 g/mol. The van der Waals surface area contributed by atoms with Crippen LogP contribution in [0.5, 0.6) is 0 Å². The fourth-order valence-electron chi connectivity index (χ4n) is 2.98. The van der Waals surface area contributed by atoms with Crippen molar-refractivity contribution in [2.24, 2.45) is 29.6 Å². The summed E-state index contributed by atoms with van der Waals surface area (Å²) in [6.07, 6.45) is 5.60. The highest BCUT2D eigenvalue weighted by molar-refractivity contribution is 4.80. The molecule has 1 aliphatic rings. The molecule has 0 aromatic heterocycles. The van der Waals surface area contributed by atoms with E-state index in [9.17, 15) is 5.11 Å². The maximum atomic E-state index is 9.21. The molecule has 0 aromatic carbocycles. The fourth-order valence-corrected chi connectivity index (χ4v) is 2.98. The normalized spacial score (nSPS) is 31.6. The van der Waals surface area contributed by atoms with Crippen molar-refractivity contribution in [1.82, 2.24) is 0 Å². The van der Waals surface area contributed by atoms with Gasteiger partial charge >= 0.3 is 0 Å². The molecule has 0 amide bonds. The van der Waals surface area contributed by atoms with Gasteiger partial charge in [-0.3, -0.25) is 0 Å². The molecule has 0 saturated heterocycles. The van der Waals surface area contributed by atoms with Crippen LogP contribution in [0.2, 0.25) is 0 Å². The molecule has 0 bridgehead atoms. The summed E-state index contributed by atoms with van der Waals surface area (Å²) in [5, 5.41) is 9.21. The molecule has 1 N–H and O–H groups in total. The Morgan fingerprint density at radius 3 is 2.20 bits per heavy atom. The first-order valence-electron chi connectivity index (χ1n) is 6.67. The van der Waals surface area contributed by atoms with E-state index in [4.69, 9.17) is 0 Å². The Morgan fingerprint density at radius 1 is 1.07 bits per heavy atom. The molecular weight excluding hydrogens is 184 g/mol. The largest absolute Gasteiger partial charge is 0.396 e. The zero-order valence-corrected chi connectivity index (χ0v) is 10.9. The molecule has 15 heavy (non-hydrogen) atoms. The maximum Gasteiger partial charge on any atom is 0.0459 e. The van der Waals surface area contributed by atoms with Crippen molar-refractivity contribution in [3.8, 4) is 0 Å². The van der Waals surface area contributed by atoms with Crippen LogP contribution in [0.1, 0.15) is 53.4 Å².